The van der Waals surface area contributed by atoms with Crippen LogP contribution in [0.5, 0.6) is 0 Å². The van der Waals surface area contributed by atoms with Crippen LogP contribution < -0.4 is 11.5 Å². The molecule has 5 N–H and O–H groups in total. The van der Waals surface area contributed by atoms with Crippen molar-refractivity contribution in [3.8, 4) is 0 Å². The summed E-state index contributed by atoms with van der Waals surface area (Å²) in [5, 5.41) is 9.31. The lowest BCUT2D eigenvalue weighted by atomic mass is 9.79. The van der Waals surface area contributed by atoms with E-state index in [0.29, 0.717) is 6.42 Å². The normalized spacial score (nSPS) is 28.9. The second-order valence-corrected chi connectivity index (χ2v) is 5.07. The van der Waals surface area contributed by atoms with Crippen molar-refractivity contribution >= 4 is 5.97 Å². The Morgan fingerprint density at radius 3 is 2.56 bits per heavy atom. The predicted octanol–water partition coefficient (Wildman–Crippen LogP) is 1.48. The van der Waals surface area contributed by atoms with E-state index in [0.717, 1.165) is 38.5 Å². The van der Waals surface area contributed by atoms with Crippen molar-refractivity contribution in [1.82, 2.24) is 0 Å². The molecule has 4 nitrogen and oxygen atoms in total. The Balaban J connectivity index is 2.60. The Bertz CT molecular complexity index is 245. The lowest BCUT2D eigenvalue weighted by Gasteiger charge is -2.31. The largest absolute Gasteiger partial charge is 0.480 e. The van der Waals surface area contributed by atoms with Crippen LogP contribution in [0, 0.1) is 5.92 Å². The zero-order chi connectivity index (χ0) is 12.2. The van der Waals surface area contributed by atoms with E-state index in [4.69, 9.17) is 11.5 Å². The molecule has 0 bridgehead atoms. The Morgan fingerprint density at radius 2 is 2.12 bits per heavy atom. The molecule has 0 saturated heterocycles. The molecule has 0 spiro atoms. The highest BCUT2D eigenvalue weighted by Gasteiger charge is 2.44. The monoisotopic (exact) mass is 228 g/mol. The SMILES string of the molecule is CCCCCC(N)(C(=O)O)C1CCC(N)C1. The van der Waals surface area contributed by atoms with Gasteiger partial charge in [-0.25, -0.2) is 0 Å². The van der Waals surface area contributed by atoms with Crippen LogP contribution in [0.15, 0.2) is 0 Å². The molecule has 3 unspecified atom stereocenters. The van der Waals surface area contributed by atoms with E-state index in [9.17, 15) is 9.90 Å². The molecule has 1 aliphatic rings. The summed E-state index contributed by atoms with van der Waals surface area (Å²) in [6.07, 6.45) is 6.12. The summed E-state index contributed by atoms with van der Waals surface area (Å²) in [6, 6.07) is 0.137. The first-order valence-corrected chi connectivity index (χ1v) is 6.28. The Labute approximate surface area is 97.4 Å². The van der Waals surface area contributed by atoms with E-state index in [1.165, 1.54) is 0 Å². The first kappa shape index (κ1) is 13.5. The number of rotatable bonds is 6. The third-order valence-electron chi connectivity index (χ3n) is 3.79. The highest BCUT2D eigenvalue weighted by atomic mass is 16.4. The summed E-state index contributed by atoms with van der Waals surface area (Å²) in [4.78, 5) is 11.3. The van der Waals surface area contributed by atoms with Gasteiger partial charge in [-0.1, -0.05) is 26.2 Å². The second kappa shape index (κ2) is 5.64. The number of hydrogen-bond donors (Lipinski definition) is 3. The van der Waals surface area contributed by atoms with E-state index < -0.39 is 11.5 Å². The van der Waals surface area contributed by atoms with Crippen molar-refractivity contribution in [3.05, 3.63) is 0 Å². The maximum Gasteiger partial charge on any atom is 0.323 e. The topological polar surface area (TPSA) is 89.3 Å². The molecule has 0 radical (unpaired) electrons. The summed E-state index contributed by atoms with van der Waals surface area (Å²) in [7, 11) is 0. The van der Waals surface area contributed by atoms with Crippen molar-refractivity contribution in [3.63, 3.8) is 0 Å². The zero-order valence-electron chi connectivity index (χ0n) is 10.1. The van der Waals surface area contributed by atoms with Gasteiger partial charge in [0.2, 0.25) is 0 Å². The molecule has 1 rings (SSSR count). The van der Waals surface area contributed by atoms with Gasteiger partial charge in [0.1, 0.15) is 5.54 Å². The van der Waals surface area contributed by atoms with Gasteiger partial charge >= 0.3 is 5.97 Å². The lowest BCUT2D eigenvalue weighted by molar-refractivity contribution is -0.146. The van der Waals surface area contributed by atoms with Gasteiger partial charge in [0.25, 0.3) is 0 Å². The molecule has 0 amide bonds. The maximum atomic E-state index is 11.3. The minimum Gasteiger partial charge on any atom is -0.480 e. The van der Waals surface area contributed by atoms with Crippen LogP contribution in [0.3, 0.4) is 0 Å². The van der Waals surface area contributed by atoms with E-state index in [1.54, 1.807) is 0 Å². The Hall–Kier alpha value is -0.610. The standard InChI is InChI=1S/C12H24N2O2/c1-2-3-4-7-12(14,11(15)16)9-5-6-10(13)8-9/h9-10H,2-8,13-14H2,1H3,(H,15,16). The molecular weight excluding hydrogens is 204 g/mol. The van der Waals surface area contributed by atoms with Crippen LogP contribution in [0.2, 0.25) is 0 Å². The number of aliphatic carboxylic acids is 1. The molecular formula is C12H24N2O2. The minimum absolute atomic E-state index is 0.0526. The van der Waals surface area contributed by atoms with Crippen molar-refractivity contribution in [1.29, 1.82) is 0 Å². The maximum absolute atomic E-state index is 11.3. The fraction of sp³-hybridized carbons (Fsp3) is 0.917. The van der Waals surface area contributed by atoms with Gasteiger partial charge in [-0.05, 0) is 31.6 Å². The van der Waals surface area contributed by atoms with Crippen molar-refractivity contribution < 1.29 is 9.90 Å². The van der Waals surface area contributed by atoms with Gasteiger partial charge in [0.15, 0.2) is 0 Å². The smallest absolute Gasteiger partial charge is 0.323 e. The quantitative estimate of drug-likeness (QED) is 0.601. The Morgan fingerprint density at radius 1 is 1.44 bits per heavy atom. The van der Waals surface area contributed by atoms with E-state index in [2.05, 4.69) is 6.92 Å². The zero-order valence-corrected chi connectivity index (χ0v) is 10.1. The molecule has 94 valence electrons. The molecule has 0 aromatic heterocycles. The number of nitrogens with two attached hydrogens (primary N) is 2. The molecule has 1 fully saturated rings. The minimum atomic E-state index is -1.05. The van der Waals surface area contributed by atoms with Crippen LogP contribution in [-0.4, -0.2) is 22.7 Å². The molecule has 0 aliphatic heterocycles. The van der Waals surface area contributed by atoms with Crippen molar-refractivity contribution in [2.24, 2.45) is 17.4 Å². The van der Waals surface area contributed by atoms with Gasteiger partial charge in [-0.2, -0.15) is 0 Å². The van der Waals surface area contributed by atoms with Crippen LogP contribution in [0.25, 0.3) is 0 Å². The van der Waals surface area contributed by atoms with Gasteiger partial charge in [-0.15, -0.1) is 0 Å². The van der Waals surface area contributed by atoms with E-state index in [-0.39, 0.29) is 12.0 Å². The summed E-state index contributed by atoms with van der Waals surface area (Å²) in [5.74, 6) is -0.806. The third kappa shape index (κ3) is 2.95. The number of carboxylic acids is 1. The fourth-order valence-electron chi connectivity index (χ4n) is 2.64. The average molecular weight is 228 g/mol. The second-order valence-electron chi connectivity index (χ2n) is 5.07. The summed E-state index contributed by atoms with van der Waals surface area (Å²) in [6.45, 7) is 2.10. The van der Waals surface area contributed by atoms with Gasteiger partial charge in [0.05, 0.1) is 0 Å². The van der Waals surface area contributed by atoms with Crippen LogP contribution in [0.1, 0.15) is 51.9 Å². The molecule has 4 heteroatoms. The van der Waals surface area contributed by atoms with Gasteiger partial charge < -0.3 is 16.6 Å². The first-order chi connectivity index (χ1) is 7.50. The Kier molecular flexibility index (Phi) is 4.74. The fourth-order valence-corrected chi connectivity index (χ4v) is 2.64. The van der Waals surface area contributed by atoms with Gasteiger partial charge in [-0.3, -0.25) is 4.79 Å². The van der Waals surface area contributed by atoms with E-state index in [1.807, 2.05) is 0 Å². The summed E-state index contributed by atoms with van der Waals surface area (Å²) < 4.78 is 0. The molecule has 1 aliphatic carbocycles. The van der Waals surface area contributed by atoms with Gasteiger partial charge in [0, 0.05) is 6.04 Å². The van der Waals surface area contributed by atoms with Crippen molar-refractivity contribution in [2.45, 2.75) is 63.5 Å². The predicted molar refractivity (Wildman–Crippen MR) is 64.0 cm³/mol. The summed E-state index contributed by atoms with van der Waals surface area (Å²) >= 11 is 0. The lowest BCUT2D eigenvalue weighted by Crippen LogP contribution is -2.53. The first-order valence-electron chi connectivity index (χ1n) is 6.28. The van der Waals surface area contributed by atoms with Crippen LogP contribution in [0.4, 0.5) is 0 Å². The molecule has 1 saturated carbocycles. The van der Waals surface area contributed by atoms with Crippen molar-refractivity contribution in [2.75, 3.05) is 0 Å². The number of carboxylic acid groups (broad SMARTS) is 1. The number of carbonyl (C=O) groups is 1. The molecule has 16 heavy (non-hydrogen) atoms. The number of unbranched alkanes of at least 4 members (excludes halogenated alkanes) is 2. The average Bonchev–Trinajstić information content (AvgIpc) is 2.65. The molecule has 0 aromatic rings. The highest BCUT2D eigenvalue weighted by Crippen LogP contribution is 2.35. The van der Waals surface area contributed by atoms with Crippen LogP contribution in [-0.2, 0) is 4.79 Å². The molecule has 3 atom stereocenters. The molecule has 0 aromatic carbocycles. The number of hydrogen-bond acceptors (Lipinski definition) is 3. The van der Waals surface area contributed by atoms with E-state index >= 15 is 0 Å². The highest BCUT2D eigenvalue weighted by molar-refractivity contribution is 5.79. The third-order valence-corrected chi connectivity index (χ3v) is 3.79. The van der Waals surface area contributed by atoms with Crippen LogP contribution >= 0.6 is 0 Å². The summed E-state index contributed by atoms with van der Waals surface area (Å²) in [5.41, 5.74) is 10.9. The molecule has 0 heterocycles.